The monoisotopic (exact) mass is 448 g/mol. The van der Waals surface area contributed by atoms with E-state index in [1.54, 1.807) is 4.90 Å². The molecule has 2 aromatic rings. The summed E-state index contributed by atoms with van der Waals surface area (Å²) in [7, 11) is 0. The van der Waals surface area contributed by atoms with Crippen LogP contribution < -0.4 is 9.47 Å². The first-order chi connectivity index (χ1) is 15.4. The molecule has 1 saturated carbocycles. The Morgan fingerprint density at radius 3 is 2.56 bits per heavy atom. The average Bonchev–Trinajstić information content (AvgIpc) is 3.48. The van der Waals surface area contributed by atoms with E-state index < -0.39 is 23.7 Å². The molecule has 1 amide bonds. The van der Waals surface area contributed by atoms with Gasteiger partial charge in [-0.05, 0) is 31.9 Å². The fourth-order valence-corrected chi connectivity index (χ4v) is 3.97. The van der Waals surface area contributed by atoms with Gasteiger partial charge in [-0.2, -0.15) is 18.7 Å². The Kier molecular flexibility index (Phi) is 5.28. The second-order valence-corrected chi connectivity index (χ2v) is 8.56. The van der Waals surface area contributed by atoms with Crippen molar-refractivity contribution >= 4 is 6.09 Å². The summed E-state index contributed by atoms with van der Waals surface area (Å²) >= 11 is 0. The topological polar surface area (TPSA) is 95.9 Å². The number of hydrogen-bond acceptors (Lipinski definition) is 8. The molecule has 2 atom stereocenters. The van der Waals surface area contributed by atoms with Crippen LogP contribution in [0.1, 0.15) is 19.8 Å². The summed E-state index contributed by atoms with van der Waals surface area (Å²) in [6.07, 6.45) is 3.31. The van der Waals surface area contributed by atoms with Crippen molar-refractivity contribution in [3.8, 4) is 17.5 Å². The molecule has 2 saturated heterocycles. The second kappa shape index (κ2) is 8.12. The number of hydrogen-bond donors (Lipinski definition) is 0. The number of rotatable bonds is 5. The zero-order valence-corrected chi connectivity index (χ0v) is 17.4. The number of ether oxygens (including phenoxy) is 4. The summed E-state index contributed by atoms with van der Waals surface area (Å²) in [5, 5.41) is 0. The standard InChI is InChI=1S/C21H22F2N4O5/c1-21(4-5-21)32-20(28)27-7-12-9-29-10-13(8-27)16(12)31-19-15(22)18(25-11-26-19)30-14-3-2-6-24-17(14)23/h2-3,6,11-13,16H,4-5,7-10H2,1H3. The van der Waals surface area contributed by atoms with Crippen molar-refractivity contribution in [1.82, 2.24) is 19.9 Å². The van der Waals surface area contributed by atoms with Gasteiger partial charge >= 0.3 is 6.09 Å². The van der Waals surface area contributed by atoms with Gasteiger partial charge in [-0.15, -0.1) is 0 Å². The smallest absolute Gasteiger partial charge is 0.410 e. The minimum Gasteiger partial charge on any atom is -0.471 e. The van der Waals surface area contributed by atoms with Gasteiger partial charge in [0.15, 0.2) is 5.75 Å². The first-order valence-corrected chi connectivity index (χ1v) is 10.4. The van der Waals surface area contributed by atoms with E-state index in [4.69, 9.17) is 18.9 Å². The maximum Gasteiger partial charge on any atom is 0.410 e. The van der Waals surface area contributed by atoms with Crippen LogP contribution in [0.4, 0.5) is 13.6 Å². The fraction of sp³-hybridized carbons (Fsp3) is 0.524. The number of likely N-dealkylation sites (tertiary alicyclic amines) is 1. The van der Waals surface area contributed by atoms with Crippen molar-refractivity contribution < 1.29 is 32.5 Å². The third kappa shape index (κ3) is 4.16. The van der Waals surface area contributed by atoms with Gasteiger partial charge in [0.2, 0.25) is 5.82 Å². The van der Waals surface area contributed by atoms with E-state index in [-0.39, 0.29) is 35.2 Å². The zero-order chi connectivity index (χ0) is 22.3. The maximum atomic E-state index is 15.0. The highest BCUT2D eigenvalue weighted by Crippen LogP contribution is 2.40. The van der Waals surface area contributed by atoms with Gasteiger partial charge in [-0.25, -0.2) is 9.78 Å². The van der Waals surface area contributed by atoms with E-state index in [2.05, 4.69) is 15.0 Å². The van der Waals surface area contributed by atoms with Crippen molar-refractivity contribution in [3.05, 3.63) is 36.4 Å². The summed E-state index contributed by atoms with van der Waals surface area (Å²) in [4.78, 5) is 25.3. The van der Waals surface area contributed by atoms with Gasteiger partial charge < -0.3 is 23.8 Å². The van der Waals surface area contributed by atoms with Gasteiger partial charge in [0.25, 0.3) is 17.7 Å². The Bertz CT molecular complexity index is 1010. The van der Waals surface area contributed by atoms with Crippen molar-refractivity contribution in [3.63, 3.8) is 0 Å². The molecule has 2 bridgehead atoms. The first-order valence-electron chi connectivity index (χ1n) is 10.4. The van der Waals surface area contributed by atoms with Crippen molar-refractivity contribution in [2.75, 3.05) is 26.3 Å². The van der Waals surface area contributed by atoms with Crippen LogP contribution in [-0.2, 0) is 9.47 Å². The predicted octanol–water partition coefficient (Wildman–Crippen LogP) is 2.96. The molecule has 4 heterocycles. The lowest BCUT2D eigenvalue weighted by Crippen LogP contribution is -2.59. The third-order valence-electron chi connectivity index (χ3n) is 5.95. The van der Waals surface area contributed by atoms with Gasteiger partial charge in [0, 0.05) is 31.1 Å². The van der Waals surface area contributed by atoms with Gasteiger partial charge in [0.05, 0.1) is 13.2 Å². The number of carbonyl (C=O) groups excluding carboxylic acids is 1. The molecule has 0 aromatic carbocycles. The molecule has 1 aliphatic carbocycles. The molecule has 2 aromatic heterocycles. The quantitative estimate of drug-likeness (QED) is 0.645. The van der Waals surface area contributed by atoms with E-state index in [1.807, 2.05) is 6.92 Å². The Balaban J connectivity index is 1.30. The van der Waals surface area contributed by atoms with Crippen molar-refractivity contribution in [1.29, 1.82) is 0 Å². The number of halogens is 2. The molecule has 0 N–H and O–H groups in total. The van der Waals surface area contributed by atoms with Crippen LogP contribution >= 0.6 is 0 Å². The largest absolute Gasteiger partial charge is 0.471 e. The minimum atomic E-state index is -0.946. The molecule has 3 aliphatic rings. The van der Waals surface area contributed by atoms with Crippen LogP contribution in [-0.4, -0.2) is 64.0 Å². The molecule has 3 fully saturated rings. The molecule has 0 radical (unpaired) electrons. The fourth-order valence-electron chi connectivity index (χ4n) is 3.97. The van der Waals surface area contributed by atoms with E-state index in [0.717, 1.165) is 19.2 Å². The number of pyridine rings is 1. The number of carbonyl (C=O) groups is 1. The summed E-state index contributed by atoms with van der Waals surface area (Å²) in [6, 6.07) is 2.77. The van der Waals surface area contributed by atoms with E-state index in [1.165, 1.54) is 18.3 Å². The SMILES string of the molecule is CC1(OC(=O)N2CC3COCC(C2)C3Oc2ncnc(Oc3cccnc3F)c2F)CC1. The molecule has 9 nitrogen and oxygen atoms in total. The van der Waals surface area contributed by atoms with E-state index in [9.17, 15) is 13.6 Å². The number of aromatic nitrogens is 3. The highest BCUT2D eigenvalue weighted by atomic mass is 19.1. The number of nitrogens with zero attached hydrogens (tertiary/aromatic N) is 4. The predicted molar refractivity (Wildman–Crippen MR) is 104 cm³/mol. The second-order valence-electron chi connectivity index (χ2n) is 8.56. The molecule has 5 rings (SSSR count). The Morgan fingerprint density at radius 1 is 1.16 bits per heavy atom. The lowest BCUT2D eigenvalue weighted by atomic mass is 9.84. The van der Waals surface area contributed by atoms with Crippen LogP contribution in [0.5, 0.6) is 17.5 Å². The van der Waals surface area contributed by atoms with E-state index >= 15 is 0 Å². The molecule has 2 aliphatic heterocycles. The highest BCUT2D eigenvalue weighted by Gasteiger charge is 2.47. The summed E-state index contributed by atoms with van der Waals surface area (Å²) in [5.74, 6) is -3.24. The zero-order valence-electron chi connectivity index (χ0n) is 17.4. The molecule has 170 valence electrons. The van der Waals surface area contributed by atoms with Crippen LogP contribution in [0.15, 0.2) is 24.7 Å². The van der Waals surface area contributed by atoms with Gasteiger partial charge in [-0.3, -0.25) is 0 Å². The minimum absolute atomic E-state index is 0.184. The summed E-state index contributed by atoms with van der Waals surface area (Å²) < 4.78 is 51.1. The molecule has 2 unspecified atom stereocenters. The number of piperidine rings is 1. The van der Waals surface area contributed by atoms with Crippen molar-refractivity contribution in [2.24, 2.45) is 11.8 Å². The first kappa shape index (κ1) is 20.8. The summed E-state index contributed by atoms with van der Waals surface area (Å²) in [6.45, 7) is 3.37. The van der Waals surface area contributed by atoms with Gasteiger partial charge in [0.1, 0.15) is 18.0 Å². The van der Waals surface area contributed by atoms with Crippen LogP contribution in [0, 0.1) is 23.6 Å². The third-order valence-corrected chi connectivity index (χ3v) is 5.95. The Morgan fingerprint density at radius 2 is 1.88 bits per heavy atom. The normalized spacial score (nSPS) is 25.7. The highest BCUT2D eigenvalue weighted by molar-refractivity contribution is 5.68. The van der Waals surface area contributed by atoms with Crippen molar-refractivity contribution in [2.45, 2.75) is 31.5 Å². The number of fused-ring (bicyclic) bond motifs is 2. The summed E-state index contributed by atoms with van der Waals surface area (Å²) in [5.41, 5.74) is -0.357. The van der Waals surface area contributed by atoms with Crippen LogP contribution in [0.2, 0.25) is 0 Å². The van der Waals surface area contributed by atoms with Crippen LogP contribution in [0.25, 0.3) is 0 Å². The number of amides is 1. The molecular formula is C21H22F2N4O5. The van der Waals surface area contributed by atoms with Gasteiger partial charge in [-0.1, -0.05) is 0 Å². The lowest BCUT2D eigenvalue weighted by molar-refractivity contribution is -0.112. The molecule has 32 heavy (non-hydrogen) atoms. The molecule has 0 spiro atoms. The lowest BCUT2D eigenvalue weighted by Gasteiger charge is -2.45. The molecular weight excluding hydrogens is 426 g/mol. The maximum absolute atomic E-state index is 15.0. The average molecular weight is 448 g/mol. The Labute approximate surface area is 182 Å². The molecule has 11 heteroatoms. The van der Waals surface area contributed by atoms with Crippen LogP contribution in [0.3, 0.4) is 0 Å². The van der Waals surface area contributed by atoms with E-state index in [0.29, 0.717) is 26.3 Å². The Hall–Kier alpha value is -3.08.